The first-order valence-electron chi connectivity index (χ1n) is 8.20. The van der Waals surface area contributed by atoms with Gasteiger partial charge in [0.15, 0.2) is 0 Å². The molecule has 0 saturated heterocycles. The van der Waals surface area contributed by atoms with Crippen molar-refractivity contribution >= 4 is 15.9 Å². The molecule has 0 spiro atoms. The van der Waals surface area contributed by atoms with Crippen molar-refractivity contribution in [1.29, 1.82) is 0 Å². The Labute approximate surface area is 137 Å². The van der Waals surface area contributed by atoms with Gasteiger partial charge in [-0.1, -0.05) is 20.3 Å². The number of amides is 1. The zero-order valence-corrected chi connectivity index (χ0v) is 14.7. The van der Waals surface area contributed by atoms with Crippen LogP contribution >= 0.6 is 0 Å². The van der Waals surface area contributed by atoms with Crippen molar-refractivity contribution in [3.05, 3.63) is 6.33 Å². The number of carbonyl (C=O) groups excluding carboxylic acids is 1. The molecule has 2 saturated carbocycles. The van der Waals surface area contributed by atoms with Crippen LogP contribution in [0.1, 0.15) is 39.5 Å². The van der Waals surface area contributed by atoms with Crippen LogP contribution in [0.5, 0.6) is 0 Å². The number of rotatable bonds is 4. The first kappa shape index (κ1) is 16.4. The Kier molecular flexibility index (Phi) is 4.20. The van der Waals surface area contributed by atoms with Gasteiger partial charge < -0.3 is 4.90 Å². The lowest BCUT2D eigenvalue weighted by Crippen LogP contribution is -2.34. The summed E-state index contributed by atoms with van der Waals surface area (Å²) in [4.78, 5) is 17.7. The lowest BCUT2D eigenvalue weighted by Gasteiger charge is -2.20. The van der Waals surface area contributed by atoms with Gasteiger partial charge in [0.25, 0.3) is 5.16 Å². The summed E-state index contributed by atoms with van der Waals surface area (Å²) in [6.07, 6.45) is 5.03. The summed E-state index contributed by atoms with van der Waals surface area (Å²) in [7, 11) is -1.87. The molecular weight excluding hydrogens is 316 g/mol. The van der Waals surface area contributed by atoms with E-state index in [1.807, 2.05) is 13.8 Å². The fraction of sp³-hybridized carbons (Fsp3) is 0.800. The second-order valence-corrected chi connectivity index (χ2v) is 9.35. The average molecular weight is 340 g/mol. The molecule has 2 aliphatic carbocycles. The van der Waals surface area contributed by atoms with Gasteiger partial charge in [-0.2, -0.15) is 4.68 Å². The van der Waals surface area contributed by atoms with Crippen LogP contribution in [0.3, 0.4) is 0 Å². The molecule has 8 heteroatoms. The molecule has 2 aliphatic rings. The molecular formula is C15H24N4O3S. The molecule has 1 aromatic heterocycles. The number of hydrogen-bond donors (Lipinski definition) is 0. The molecule has 2 fully saturated rings. The molecule has 3 atom stereocenters. The topological polar surface area (TPSA) is 85.2 Å². The number of sulfone groups is 1. The summed E-state index contributed by atoms with van der Waals surface area (Å²) < 4.78 is 26.5. The minimum atomic E-state index is -3.54. The van der Waals surface area contributed by atoms with Crippen LogP contribution in [0.25, 0.3) is 0 Å². The van der Waals surface area contributed by atoms with E-state index in [2.05, 4.69) is 10.1 Å². The van der Waals surface area contributed by atoms with Crippen LogP contribution in [0.4, 0.5) is 4.79 Å². The Bertz CT molecular complexity index is 697. The third-order valence-electron chi connectivity index (χ3n) is 4.96. The monoisotopic (exact) mass is 340 g/mol. The third-order valence-corrected chi connectivity index (χ3v) is 7.03. The maximum Gasteiger partial charge on any atom is 0.345 e. The highest BCUT2D eigenvalue weighted by Crippen LogP contribution is 2.48. The number of carbonyl (C=O) groups is 1. The van der Waals surface area contributed by atoms with Gasteiger partial charge in [-0.05, 0) is 37.0 Å². The fourth-order valence-corrected chi connectivity index (χ4v) is 5.92. The number of hydrogen-bond acceptors (Lipinski definition) is 5. The Balaban J connectivity index is 1.77. The molecule has 7 nitrogen and oxygen atoms in total. The summed E-state index contributed by atoms with van der Waals surface area (Å²) in [6.45, 7) is 4.60. The normalized spacial score (nSPS) is 26.9. The molecule has 1 amide bonds. The zero-order valence-electron chi connectivity index (χ0n) is 13.8. The van der Waals surface area contributed by atoms with Crippen molar-refractivity contribution in [2.24, 2.45) is 17.8 Å². The Morgan fingerprint density at radius 1 is 1.39 bits per heavy atom. The highest BCUT2D eigenvalue weighted by atomic mass is 32.2. The van der Waals surface area contributed by atoms with Gasteiger partial charge in [-0.25, -0.2) is 18.2 Å². The summed E-state index contributed by atoms with van der Waals surface area (Å²) >= 11 is 0. The van der Waals surface area contributed by atoms with Crippen LogP contribution in [0.2, 0.25) is 0 Å². The molecule has 0 radical (unpaired) electrons. The Hall–Kier alpha value is -1.44. The summed E-state index contributed by atoms with van der Waals surface area (Å²) in [5, 5.41) is 3.38. The van der Waals surface area contributed by atoms with Crippen molar-refractivity contribution in [3.63, 3.8) is 0 Å². The Morgan fingerprint density at radius 2 is 2.13 bits per heavy atom. The SMILES string of the molecule is CC(C)CN(C)C(=O)n1cnc(S(=O)(=O)C2CC3CCC2C3)n1. The van der Waals surface area contributed by atoms with E-state index in [-0.39, 0.29) is 22.4 Å². The van der Waals surface area contributed by atoms with Crippen LogP contribution in [0.15, 0.2) is 11.5 Å². The third kappa shape index (κ3) is 3.00. The van der Waals surface area contributed by atoms with Crippen LogP contribution in [0, 0.1) is 17.8 Å². The maximum atomic E-state index is 12.7. The van der Waals surface area contributed by atoms with Gasteiger partial charge in [0.2, 0.25) is 9.84 Å². The molecule has 23 heavy (non-hydrogen) atoms. The first-order chi connectivity index (χ1) is 10.8. The molecule has 2 bridgehead atoms. The van der Waals surface area contributed by atoms with E-state index in [9.17, 15) is 13.2 Å². The molecule has 0 N–H and O–H groups in total. The van der Waals surface area contributed by atoms with Crippen molar-refractivity contribution in [2.75, 3.05) is 13.6 Å². The van der Waals surface area contributed by atoms with E-state index in [1.165, 1.54) is 11.2 Å². The molecule has 1 aromatic rings. The second kappa shape index (κ2) is 5.89. The molecule has 0 aromatic carbocycles. The number of fused-ring (bicyclic) bond motifs is 2. The minimum Gasteiger partial charge on any atom is -0.326 e. The lowest BCUT2D eigenvalue weighted by molar-refractivity contribution is 0.201. The van der Waals surface area contributed by atoms with Gasteiger partial charge in [0.05, 0.1) is 5.25 Å². The number of nitrogens with zero attached hydrogens (tertiary/aromatic N) is 4. The van der Waals surface area contributed by atoms with Crippen molar-refractivity contribution < 1.29 is 13.2 Å². The quantitative estimate of drug-likeness (QED) is 0.834. The fourth-order valence-electron chi connectivity index (χ4n) is 3.97. The largest absolute Gasteiger partial charge is 0.345 e. The first-order valence-corrected chi connectivity index (χ1v) is 9.74. The average Bonchev–Trinajstić information content (AvgIpc) is 3.21. The van der Waals surface area contributed by atoms with Crippen LogP contribution in [-0.2, 0) is 9.84 Å². The van der Waals surface area contributed by atoms with Gasteiger partial charge >= 0.3 is 6.03 Å². The molecule has 3 unspecified atom stereocenters. The molecule has 128 valence electrons. The smallest absolute Gasteiger partial charge is 0.326 e. The van der Waals surface area contributed by atoms with Gasteiger partial charge in [-0.15, -0.1) is 5.10 Å². The highest BCUT2D eigenvalue weighted by molar-refractivity contribution is 7.91. The molecule has 1 heterocycles. The van der Waals surface area contributed by atoms with E-state index in [1.54, 1.807) is 7.05 Å². The second-order valence-electron chi connectivity index (χ2n) is 7.29. The van der Waals surface area contributed by atoms with E-state index in [4.69, 9.17) is 0 Å². The van der Waals surface area contributed by atoms with E-state index < -0.39 is 9.84 Å². The summed E-state index contributed by atoms with van der Waals surface area (Å²) in [5.74, 6) is 1.08. The minimum absolute atomic E-state index is 0.207. The van der Waals surface area contributed by atoms with Crippen molar-refractivity contribution in [2.45, 2.75) is 49.9 Å². The Morgan fingerprint density at radius 3 is 2.70 bits per heavy atom. The predicted octanol–water partition coefficient (Wildman–Crippen LogP) is 1.80. The van der Waals surface area contributed by atoms with Crippen LogP contribution in [-0.4, -0.2) is 53.0 Å². The standard InChI is InChI=1S/C15H24N4O3S/c1-10(2)8-18(3)15(20)19-9-16-14(17-19)23(21,22)13-7-11-4-5-12(13)6-11/h9-13H,4-8H2,1-3H3. The van der Waals surface area contributed by atoms with Gasteiger partial charge in [0, 0.05) is 13.6 Å². The lowest BCUT2D eigenvalue weighted by atomic mass is 10.0. The van der Waals surface area contributed by atoms with E-state index in [0.29, 0.717) is 24.8 Å². The van der Waals surface area contributed by atoms with Crippen molar-refractivity contribution in [3.8, 4) is 0 Å². The predicted molar refractivity (Wildman–Crippen MR) is 84.7 cm³/mol. The van der Waals surface area contributed by atoms with E-state index >= 15 is 0 Å². The van der Waals surface area contributed by atoms with Gasteiger partial charge in [0.1, 0.15) is 6.33 Å². The summed E-state index contributed by atoms with van der Waals surface area (Å²) in [6, 6.07) is -0.361. The van der Waals surface area contributed by atoms with Gasteiger partial charge in [-0.3, -0.25) is 0 Å². The van der Waals surface area contributed by atoms with Crippen molar-refractivity contribution in [1.82, 2.24) is 19.7 Å². The number of aromatic nitrogens is 3. The highest BCUT2D eigenvalue weighted by Gasteiger charge is 2.47. The van der Waals surface area contributed by atoms with Crippen LogP contribution < -0.4 is 0 Å². The summed E-state index contributed by atoms with van der Waals surface area (Å²) in [5.41, 5.74) is 0. The van der Waals surface area contributed by atoms with E-state index in [0.717, 1.165) is 23.9 Å². The molecule has 0 aliphatic heterocycles. The zero-order chi connectivity index (χ0) is 16.8. The maximum absolute atomic E-state index is 12.7. The molecule has 3 rings (SSSR count).